The third-order valence-corrected chi connectivity index (χ3v) is 3.08. The molecule has 0 radical (unpaired) electrons. The number of amides is 1. The van der Waals surface area contributed by atoms with Crippen LogP contribution in [0.2, 0.25) is 0 Å². The minimum absolute atomic E-state index is 0.0316. The van der Waals surface area contributed by atoms with E-state index in [1.807, 2.05) is 37.3 Å². The van der Waals surface area contributed by atoms with Crippen LogP contribution in [0.4, 0.5) is 0 Å². The quantitative estimate of drug-likeness (QED) is 0.747. The summed E-state index contributed by atoms with van der Waals surface area (Å²) in [6.45, 7) is 3.84. The van der Waals surface area contributed by atoms with E-state index in [0.29, 0.717) is 13.1 Å². The number of nitrogens with one attached hydrogen (secondary N) is 2. The maximum atomic E-state index is 11.6. The van der Waals surface area contributed by atoms with Gasteiger partial charge in [0.2, 0.25) is 5.91 Å². The summed E-state index contributed by atoms with van der Waals surface area (Å²) in [6, 6.07) is 9.64. The largest absolute Gasteiger partial charge is 0.489 e. The SMILES string of the molecule is CC(CNC(=O)CNCC1CC1)Oc1ccccc1. The predicted octanol–water partition coefficient (Wildman–Crippen LogP) is 1.57. The number of ether oxygens (including phenoxy) is 1. The highest BCUT2D eigenvalue weighted by Crippen LogP contribution is 2.27. The Morgan fingerprint density at radius 3 is 2.79 bits per heavy atom. The molecule has 0 heterocycles. The smallest absolute Gasteiger partial charge is 0.234 e. The van der Waals surface area contributed by atoms with E-state index in [-0.39, 0.29) is 12.0 Å². The predicted molar refractivity (Wildman–Crippen MR) is 75.1 cm³/mol. The topological polar surface area (TPSA) is 50.4 Å². The first kappa shape index (κ1) is 13.9. The maximum Gasteiger partial charge on any atom is 0.234 e. The molecule has 0 bridgehead atoms. The van der Waals surface area contributed by atoms with E-state index in [0.717, 1.165) is 18.2 Å². The van der Waals surface area contributed by atoms with E-state index in [4.69, 9.17) is 4.74 Å². The molecule has 0 aromatic heterocycles. The van der Waals surface area contributed by atoms with Gasteiger partial charge in [-0.2, -0.15) is 0 Å². The number of hydrogen-bond donors (Lipinski definition) is 2. The summed E-state index contributed by atoms with van der Waals surface area (Å²) >= 11 is 0. The van der Waals surface area contributed by atoms with E-state index < -0.39 is 0 Å². The molecule has 1 unspecified atom stereocenters. The fraction of sp³-hybridized carbons (Fsp3) is 0.533. The molecular weight excluding hydrogens is 240 g/mol. The van der Waals surface area contributed by atoms with E-state index in [1.165, 1.54) is 12.8 Å². The number of benzene rings is 1. The van der Waals surface area contributed by atoms with Crippen molar-refractivity contribution in [3.05, 3.63) is 30.3 Å². The molecule has 2 rings (SSSR count). The second-order valence-corrected chi connectivity index (χ2v) is 5.12. The molecule has 1 amide bonds. The standard InChI is InChI=1S/C15H22N2O2/c1-12(19-14-5-3-2-4-6-14)9-17-15(18)11-16-10-13-7-8-13/h2-6,12-13,16H,7-11H2,1H3,(H,17,18). The van der Waals surface area contributed by atoms with Crippen LogP contribution in [0.3, 0.4) is 0 Å². The minimum atomic E-state index is -0.0326. The summed E-state index contributed by atoms with van der Waals surface area (Å²) < 4.78 is 5.68. The highest BCUT2D eigenvalue weighted by atomic mass is 16.5. The van der Waals surface area contributed by atoms with Gasteiger partial charge in [0.1, 0.15) is 11.9 Å². The van der Waals surface area contributed by atoms with Gasteiger partial charge in [-0.05, 0) is 44.4 Å². The number of hydrogen-bond acceptors (Lipinski definition) is 3. The molecule has 19 heavy (non-hydrogen) atoms. The zero-order chi connectivity index (χ0) is 13.5. The molecule has 1 aliphatic carbocycles. The molecule has 1 fully saturated rings. The molecule has 0 saturated heterocycles. The second-order valence-electron chi connectivity index (χ2n) is 5.12. The van der Waals surface area contributed by atoms with Crippen molar-refractivity contribution in [3.8, 4) is 5.75 Å². The lowest BCUT2D eigenvalue weighted by molar-refractivity contribution is -0.120. The van der Waals surface area contributed by atoms with Crippen LogP contribution in [0, 0.1) is 5.92 Å². The van der Waals surface area contributed by atoms with Crippen molar-refractivity contribution in [1.29, 1.82) is 0 Å². The van der Waals surface area contributed by atoms with Gasteiger partial charge in [-0.25, -0.2) is 0 Å². The maximum absolute atomic E-state index is 11.6. The van der Waals surface area contributed by atoms with Crippen molar-refractivity contribution in [1.82, 2.24) is 10.6 Å². The van der Waals surface area contributed by atoms with Crippen molar-refractivity contribution >= 4 is 5.91 Å². The Morgan fingerprint density at radius 1 is 1.37 bits per heavy atom. The number of carbonyl (C=O) groups excluding carboxylic acids is 1. The second kappa shape index (κ2) is 7.14. The zero-order valence-electron chi connectivity index (χ0n) is 11.4. The fourth-order valence-corrected chi connectivity index (χ4v) is 1.80. The monoisotopic (exact) mass is 262 g/mol. The van der Waals surface area contributed by atoms with Gasteiger partial charge in [0.15, 0.2) is 0 Å². The Bertz CT molecular complexity index is 390. The highest BCUT2D eigenvalue weighted by Gasteiger charge is 2.20. The lowest BCUT2D eigenvalue weighted by atomic mass is 10.3. The summed E-state index contributed by atoms with van der Waals surface area (Å²) in [5, 5.41) is 6.04. The molecule has 104 valence electrons. The molecule has 4 nitrogen and oxygen atoms in total. The van der Waals surface area contributed by atoms with Gasteiger partial charge in [0, 0.05) is 0 Å². The molecule has 1 saturated carbocycles. The van der Waals surface area contributed by atoms with Gasteiger partial charge in [0.25, 0.3) is 0 Å². The Kier molecular flexibility index (Phi) is 5.21. The van der Waals surface area contributed by atoms with Crippen molar-refractivity contribution in [2.45, 2.75) is 25.9 Å². The molecule has 4 heteroatoms. The zero-order valence-corrected chi connectivity index (χ0v) is 11.4. The van der Waals surface area contributed by atoms with Crippen LogP contribution in [-0.2, 0) is 4.79 Å². The van der Waals surface area contributed by atoms with Crippen LogP contribution < -0.4 is 15.4 Å². The molecule has 1 atom stereocenters. The summed E-state index contributed by atoms with van der Waals surface area (Å²) in [5.41, 5.74) is 0. The summed E-state index contributed by atoms with van der Waals surface area (Å²) in [6.07, 6.45) is 2.57. The van der Waals surface area contributed by atoms with Gasteiger partial charge < -0.3 is 15.4 Å². The number of rotatable bonds is 8. The van der Waals surface area contributed by atoms with Gasteiger partial charge in [-0.3, -0.25) is 4.79 Å². The molecule has 1 aromatic rings. The molecule has 0 aliphatic heterocycles. The Labute approximate surface area is 114 Å². The number of para-hydroxylation sites is 1. The number of carbonyl (C=O) groups is 1. The average Bonchev–Trinajstić information content (AvgIpc) is 3.22. The first-order chi connectivity index (χ1) is 9.24. The van der Waals surface area contributed by atoms with Crippen molar-refractivity contribution in [2.24, 2.45) is 5.92 Å². The summed E-state index contributed by atoms with van der Waals surface area (Å²) in [5.74, 6) is 1.66. The van der Waals surface area contributed by atoms with Gasteiger partial charge in [-0.1, -0.05) is 18.2 Å². The van der Waals surface area contributed by atoms with E-state index >= 15 is 0 Å². The lowest BCUT2D eigenvalue weighted by Crippen LogP contribution is -2.39. The summed E-state index contributed by atoms with van der Waals surface area (Å²) in [4.78, 5) is 11.6. The highest BCUT2D eigenvalue weighted by molar-refractivity contribution is 5.77. The average molecular weight is 262 g/mol. The van der Waals surface area contributed by atoms with Crippen molar-refractivity contribution in [3.63, 3.8) is 0 Å². The van der Waals surface area contributed by atoms with Crippen LogP contribution in [0.1, 0.15) is 19.8 Å². The first-order valence-corrected chi connectivity index (χ1v) is 6.93. The van der Waals surface area contributed by atoms with Crippen LogP contribution in [-0.4, -0.2) is 31.6 Å². The Balaban J connectivity index is 1.57. The van der Waals surface area contributed by atoms with Gasteiger partial charge in [-0.15, -0.1) is 0 Å². The third kappa shape index (κ3) is 5.75. The van der Waals surface area contributed by atoms with E-state index in [2.05, 4.69) is 10.6 Å². The lowest BCUT2D eigenvalue weighted by Gasteiger charge is -2.15. The normalized spacial score (nSPS) is 15.8. The summed E-state index contributed by atoms with van der Waals surface area (Å²) in [7, 11) is 0. The first-order valence-electron chi connectivity index (χ1n) is 6.93. The third-order valence-electron chi connectivity index (χ3n) is 3.08. The van der Waals surface area contributed by atoms with Crippen molar-refractivity contribution < 1.29 is 9.53 Å². The fourth-order valence-electron chi connectivity index (χ4n) is 1.80. The molecular formula is C15H22N2O2. The van der Waals surface area contributed by atoms with Crippen LogP contribution in [0.25, 0.3) is 0 Å². The van der Waals surface area contributed by atoms with E-state index in [9.17, 15) is 4.79 Å². The molecule has 2 N–H and O–H groups in total. The van der Waals surface area contributed by atoms with Crippen LogP contribution in [0.5, 0.6) is 5.75 Å². The van der Waals surface area contributed by atoms with Crippen molar-refractivity contribution in [2.75, 3.05) is 19.6 Å². The molecule has 1 aliphatic rings. The van der Waals surface area contributed by atoms with Gasteiger partial charge in [0.05, 0.1) is 13.1 Å². The van der Waals surface area contributed by atoms with Gasteiger partial charge >= 0.3 is 0 Å². The Morgan fingerprint density at radius 2 is 2.11 bits per heavy atom. The molecule has 0 spiro atoms. The minimum Gasteiger partial charge on any atom is -0.489 e. The van der Waals surface area contributed by atoms with E-state index in [1.54, 1.807) is 0 Å². The van der Waals surface area contributed by atoms with Crippen LogP contribution >= 0.6 is 0 Å². The Hall–Kier alpha value is -1.55. The molecule has 1 aromatic carbocycles. The van der Waals surface area contributed by atoms with Crippen LogP contribution in [0.15, 0.2) is 30.3 Å².